The van der Waals surface area contributed by atoms with Crippen LogP contribution in [0.5, 0.6) is 0 Å². The second-order valence-corrected chi connectivity index (χ2v) is 11.7. The molecule has 1 heterocycles. The van der Waals surface area contributed by atoms with Gasteiger partial charge < -0.3 is 19.0 Å². The first-order chi connectivity index (χ1) is 22.3. The molecule has 0 aromatic carbocycles. The number of nitrogens with zero attached hydrogens (tertiary/aromatic N) is 4. The number of Topliss-reactive ketones (excluding diaryl/α,β-unsaturated/α-hetero) is 1. The van der Waals surface area contributed by atoms with E-state index in [0.717, 1.165) is 38.5 Å². The van der Waals surface area contributed by atoms with Gasteiger partial charge in [-0.05, 0) is 19.8 Å². The number of esters is 2. The predicted molar refractivity (Wildman–Crippen MR) is 181 cm³/mol. The van der Waals surface area contributed by atoms with Crippen molar-refractivity contribution in [2.75, 3.05) is 27.5 Å². The fourth-order valence-corrected chi connectivity index (χ4v) is 4.65. The molecule has 2 unspecified atom stereocenters. The highest BCUT2D eigenvalue weighted by atomic mass is 16.7. The van der Waals surface area contributed by atoms with E-state index in [1.165, 1.54) is 63.5 Å². The van der Waals surface area contributed by atoms with Crippen LogP contribution >= 0.6 is 0 Å². The first kappa shape index (κ1) is 43.6. The molecule has 0 N–H and O–H groups in total. The molecule has 0 saturated heterocycles. The average Bonchev–Trinajstić information content (AvgIpc) is 3.51. The Balaban J connectivity index is 0.00000991. The number of ether oxygens (including phenoxy) is 3. The minimum Gasteiger partial charge on any atom is -0.462 e. The van der Waals surface area contributed by atoms with Crippen LogP contribution in [0.3, 0.4) is 0 Å². The monoisotopic (exact) mass is 654 g/mol. The molecule has 0 spiro atoms. The van der Waals surface area contributed by atoms with Gasteiger partial charge in [0.15, 0.2) is 11.9 Å². The Hall–Kier alpha value is -2.37. The molecule has 0 aliphatic carbocycles. The molecule has 46 heavy (non-hydrogen) atoms. The smallest absolute Gasteiger partial charge is 0.306 e. The summed E-state index contributed by atoms with van der Waals surface area (Å²) in [5.74, 6) is -0.627. The fraction of sp³-hybridized carbons (Fsp3) is 0.857. The van der Waals surface area contributed by atoms with Crippen molar-refractivity contribution < 1.29 is 33.4 Å². The molecule has 1 rings (SSSR count). The van der Waals surface area contributed by atoms with Crippen molar-refractivity contribution in [2.45, 2.75) is 169 Å². The minimum absolute atomic E-state index is 0.0312. The third kappa shape index (κ3) is 23.9. The van der Waals surface area contributed by atoms with Crippen LogP contribution in [-0.4, -0.2) is 77.5 Å². The Bertz CT molecular complexity index is 896. The van der Waals surface area contributed by atoms with Gasteiger partial charge >= 0.3 is 11.9 Å². The number of hydrogen-bond acceptors (Lipinski definition) is 10. The van der Waals surface area contributed by atoms with E-state index >= 15 is 0 Å². The van der Waals surface area contributed by atoms with Crippen LogP contribution in [0.15, 0.2) is 6.20 Å². The molecule has 268 valence electrons. The minimum atomic E-state index is -0.674. The van der Waals surface area contributed by atoms with E-state index < -0.39 is 12.2 Å². The van der Waals surface area contributed by atoms with Crippen LogP contribution < -0.4 is 0 Å². The van der Waals surface area contributed by atoms with Gasteiger partial charge in [0.2, 0.25) is 0 Å². The number of hydrogen-bond donors (Lipinski definition) is 0. The third-order valence-corrected chi connectivity index (χ3v) is 7.57. The topological polar surface area (TPSA) is 122 Å². The summed E-state index contributed by atoms with van der Waals surface area (Å²) in [6, 6.07) is 0. The number of ketones is 1. The summed E-state index contributed by atoms with van der Waals surface area (Å²) < 4.78 is 18.3. The van der Waals surface area contributed by atoms with Crippen LogP contribution in [0.4, 0.5) is 0 Å². The summed E-state index contributed by atoms with van der Waals surface area (Å²) in [4.78, 5) is 42.5. The van der Waals surface area contributed by atoms with Gasteiger partial charge in [-0.1, -0.05) is 110 Å². The third-order valence-electron chi connectivity index (χ3n) is 7.57. The van der Waals surface area contributed by atoms with Crippen LogP contribution in [0.1, 0.15) is 149 Å². The van der Waals surface area contributed by atoms with Gasteiger partial charge in [0, 0.05) is 38.9 Å². The molecule has 0 aliphatic rings. The number of aryl methyl sites for hydroxylation is 1. The van der Waals surface area contributed by atoms with Crippen molar-refractivity contribution in [3.05, 3.63) is 11.9 Å². The Labute approximate surface area is 279 Å². The number of aromatic nitrogens is 3. The quantitative estimate of drug-likeness (QED) is 0.0374. The maximum absolute atomic E-state index is 12.6. The van der Waals surface area contributed by atoms with Gasteiger partial charge in [0.05, 0.1) is 19.3 Å². The van der Waals surface area contributed by atoms with Crippen molar-refractivity contribution in [3.8, 4) is 0 Å². The molecule has 0 bridgehead atoms. The van der Waals surface area contributed by atoms with Crippen molar-refractivity contribution in [1.29, 1.82) is 0 Å². The van der Waals surface area contributed by atoms with Crippen LogP contribution in [0.2, 0.25) is 0 Å². The highest BCUT2D eigenvalue weighted by Gasteiger charge is 2.20. The molecule has 0 fully saturated rings. The van der Waals surface area contributed by atoms with Gasteiger partial charge in [-0.15, -0.1) is 5.10 Å². The second kappa shape index (κ2) is 30.0. The summed E-state index contributed by atoms with van der Waals surface area (Å²) in [5, 5.41) is 9.81. The largest absolute Gasteiger partial charge is 0.462 e. The van der Waals surface area contributed by atoms with Gasteiger partial charge in [-0.3, -0.25) is 14.4 Å². The molecule has 0 saturated carbocycles. The number of unbranched alkanes of at least 4 members (excludes halogenated alkanes) is 12. The standard InChI is InChI=1S/C33H60N4O7.C2H6/c1-6-8-10-12-14-16-18-20-32(39)42-26-30(44-33(40)21-19-17-15-13-11-9-7-2)25-37-24-29(34-35-37)22-23-31(38)28(3)43-27-36(4)41-5;1-2/h24,28,30H,6-23,25-27H2,1-5H3;1-2H3. The first-order valence-corrected chi connectivity index (χ1v) is 17.9. The van der Waals surface area contributed by atoms with Crippen LogP contribution in [-0.2, 0) is 46.4 Å². The van der Waals surface area contributed by atoms with Crippen molar-refractivity contribution >= 4 is 17.7 Å². The second-order valence-electron chi connectivity index (χ2n) is 11.7. The van der Waals surface area contributed by atoms with Crippen molar-refractivity contribution in [2.24, 2.45) is 0 Å². The molecule has 11 heteroatoms. The zero-order chi connectivity index (χ0) is 34.4. The highest BCUT2D eigenvalue weighted by molar-refractivity contribution is 5.82. The molecular weight excluding hydrogens is 588 g/mol. The lowest BCUT2D eigenvalue weighted by atomic mass is 10.1. The zero-order valence-electron chi connectivity index (χ0n) is 30.2. The lowest BCUT2D eigenvalue weighted by Gasteiger charge is -2.18. The van der Waals surface area contributed by atoms with E-state index in [1.54, 1.807) is 24.9 Å². The fourth-order valence-electron chi connectivity index (χ4n) is 4.65. The highest BCUT2D eigenvalue weighted by Crippen LogP contribution is 2.12. The van der Waals surface area contributed by atoms with Crippen LogP contribution in [0.25, 0.3) is 0 Å². The van der Waals surface area contributed by atoms with Gasteiger partial charge in [0.25, 0.3) is 0 Å². The molecule has 0 radical (unpaired) electrons. The molecule has 2 atom stereocenters. The summed E-state index contributed by atoms with van der Waals surface area (Å²) in [5.41, 5.74) is 0.642. The van der Waals surface area contributed by atoms with Gasteiger partial charge in [-0.25, -0.2) is 4.68 Å². The molecule has 1 aromatic rings. The van der Waals surface area contributed by atoms with E-state index in [4.69, 9.17) is 19.0 Å². The van der Waals surface area contributed by atoms with Gasteiger partial charge in [-0.2, -0.15) is 5.06 Å². The Morgan fingerprint density at radius 1 is 0.826 bits per heavy atom. The number of rotatable bonds is 29. The van der Waals surface area contributed by atoms with E-state index in [1.807, 2.05) is 13.8 Å². The molecule has 0 aliphatic heterocycles. The molecular formula is C35H66N4O7. The van der Waals surface area contributed by atoms with E-state index in [9.17, 15) is 14.4 Å². The number of carbonyl (C=O) groups excluding carboxylic acids is 3. The zero-order valence-corrected chi connectivity index (χ0v) is 30.2. The summed E-state index contributed by atoms with van der Waals surface area (Å²) in [6.45, 7) is 10.5. The Morgan fingerprint density at radius 3 is 1.93 bits per heavy atom. The SMILES string of the molecule is CC.CCCCCCCCCC(=O)OCC(Cn1cc(CCC(=O)C(C)OCN(C)OC)nn1)OC(=O)CCCCCCCCC. The summed E-state index contributed by atoms with van der Waals surface area (Å²) >= 11 is 0. The molecule has 1 aromatic heterocycles. The van der Waals surface area contributed by atoms with Crippen molar-refractivity contribution in [3.63, 3.8) is 0 Å². The first-order valence-electron chi connectivity index (χ1n) is 17.9. The molecule has 11 nitrogen and oxygen atoms in total. The lowest BCUT2D eigenvalue weighted by molar-refractivity contribution is -0.183. The number of carbonyl (C=O) groups is 3. The summed E-state index contributed by atoms with van der Waals surface area (Å²) in [6.07, 6.45) is 17.5. The normalized spacial score (nSPS) is 12.3. The van der Waals surface area contributed by atoms with Gasteiger partial charge in [0.1, 0.15) is 19.4 Å². The lowest BCUT2D eigenvalue weighted by Crippen LogP contribution is -2.30. The van der Waals surface area contributed by atoms with Crippen molar-refractivity contribution in [1.82, 2.24) is 20.1 Å². The maximum Gasteiger partial charge on any atom is 0.306 e. The summed E-state index contributed by atoms with van der Waals surface area (Å²) in [7, 11) is 3.25. The predicted octanol–water partition coefficient (Wildman–Crippen LogP) is 7.40. The Morgan fingerprint density at radius 2 is 1.37 bits per heavy atom. The average molecular weight is 655 g/mol. The maximum atomic E-state index is 12.6. The molecule has 0 amide bonds. The Kier molecular flexibility index (Phi) is 28.4. The van der Waals surface area contributed by atoms with E-state index in [2.05, 4.69) is 24.2 Å². The number of hydroxylamine groups is 2. The van der Waals surface area contributed by atoms with Crippen LogP contribution in [0, 0.1) is 0 Å². The van der Waals surface area contributed by atoms with E-state index in [-0.39, 0.29) is 44.0 Å². The van der Waals surface area contributed by atoms with E-state index in [0.29, 0.717) is 25.0 Å².